The number of carbonyl (C=O) groups excluding carboxylic acids is 1. The predicted molar refractivity (Wildman–Crippen MR) is 76.9 cm³/mol. The van der Waals surface area contributed by atoms with E-state index >= 15 is 0 Å². The zero-order valence-electron chi connectivity index (χ0n) is 11.2. The summed E-state index contributed by atoms with van der Waals surface area (Å²) in [6.07, 6.45) is 1.66. The Kier molecular flexibility index (Phi) is 4.53. The molecule has 0 unspecified atom stereocenters. The number of benzene rings is 1. The molecule has 0 aliphatic heterocycles. The number of aromatic nitrogens is 2. The molecular formula is C14H14ClN3O2. The Morgan fingerprint density at radius 2 is 2.05 bits per heavy atom. The standard InChI is InChI=1S/C14H14ClN3O2/c1-9-7-17-14(15)18-12(9)16-8-10-3-5-11(6-4-10)13(19)20-2/h3-7H,8H2,1-2H3,(H,16,17,18). The van der Waals surface area contributed by atoms with Gasteiger partial charge < -0.3 is 10.1 Å². The first-order chi connectivity index (χ1) is 9.60. The van der Waals surface area contributed by atoms with E-state index in [1.54, 1.807) is 18.3 Å². The SMILES string of the molecule is COC(=O)c1ccc(CNc2nc(Cl)ncc2C)cc1. The normalized spacial score (nSPS) is 10.2. The molecule has 1 heterocycles. The Morgan fingerprint density at radius 1 is 1.35 bits per heavy atom. The van der Waals surface area contributed by atoms with Crippen LogP contribution >= 0.6 is 11.6 Å². The number of carbonyl (C=O) groups is 1. The second-order valence-electron chi connectivity index (χ2n) is 4.21. The molecule has 0 spiro atoms. The fourth-order valence-electron chi connectivity index (χ4n) is 1.66. The molecule has 0 atom stereocenters. The summed E-state index contributed by atoms with van der Waals surface area (Å²) < 4.78 is 4.65. The van der Waals surface area contributed by atoms with E-state index < -0.39 is 0 Å². The summed E-state index contributed by atoms with van der Waals surface area (Å²) in [4.78, 5) is 19.3. The molecule has 2 rings (SSSR count). The minimum absolute atomic E-state index is 0.208. The van der Waals surface area contributed by atoms with Crippen LogP contribution in [0.4, 0.5) is 5.82 Å². The summed E-state index contributed by atoms with van der Waals surface area (Å²) in [5.74, 6) is 0.352. The highest BCUT2D eigenvalue weighted by molar-refractivity contribution is 6.28. The highest BCUT2D eigenvalue weighted by Gasteiger charge is 2.05. The van der Waals surface area contributed by atoms with Gasteiger partial charge in [0, 0.05) is 18.3 Å². The quantitative estimate of drug-likeness (QED) is 0.693. The molecule has 0 bridgehead atoms. The first-order valence-electron chi connectivity index (χ1n) is 6.00. The van der Waals surface area contributed by atoms with Crippen LogP contribution < -0.4 is 5.32 Å². The second-order valence-corrected chi connectivity index (χ2v) is 4.55. The Balaban J connectivity index is 2.04. The highest BCUT2D eigenvalue weighted by Crippen LogP contribution is 2.14. The van der Waals surface area contributed by atoms with Gasteiger partial charge >= 0.3 is 5.97 Å². The van der Waals surface area contributed by atoms with Crippen LogP contribution in [0.25, 0.3) is 0 Å². The van der Waals surface area contributed by atoms with Crippen LogP contribution in [0.1, 0.15) is 21.5 Å². The van der Waals surface area contributed by atoms with Gasteiger partial charge in [-0.05, 0) is 36.2 Å². The molecule has 0 radical (unpaired) electrons. The lowest BCUT2D eigenvalue weighted by atomic mass is 10.1. The molecule has 0 amide bonds. The van der Waals surface area contributed by atoms with Gasteiger partial charge in [0.1, 0.15) is 5.82 Å². The number of aryl methyl sites for hydroxylation is 1. The molecule has 1 aromatic carbocycles. The minimum Gasteiger partial charge on any atom is -0.465 e. The Hall–Kier alpha value is -2.14. The van der Waals surface area contributed by atoms with Crippen LogP contribution in [0.3, 0.4) is 0 Å². The molecule has 1 N–H and O–H groups in total. The molecule has 0 fully saturated rings. The van der Waals surface area contributed by atoms with Crippen molar-refractivity contribution in [3.63, 3.8) is 0 Å². The number of esters is 1. The van der Waals surface area contributed by atoms with Gasteiger partial charge in [-0.1, -0.05) is 12.1 Å². The van der Waals surface area contributed by atoms with Crippen molar-refractivity contribution in [2.24, 2.45) is 0 Å². The summed E-state index contributed by atoms with van der Waals surface area (Å²) in [6, 6.07) is 7.17. The third-order valence-electron chi connectivity index (χ3n) is 2.78. The summed E-state index contributed by atoms with van der Waals surface area (Å²) in [5.41, 5.74) is 2.46. The maximum absolute atomic E-state index is 11.3. The van der Waals surface area contributed by atoms with E-state index in [-0.39, 0.29) is 11.3 Å². The number of rotatable bonds is 4. The van der Waals surface area contributed by atoms with Gasteiger partial charge in [-0.15, -0.1) is 0 Å². The maximum atomic E-state index is 11.3. The van der Waals surface area contributed by atoms with Gasteiger partial charge in [0.2, 0.25) is 5.28 Å². The van der Waals surface area contributed by atoms with Gasteiger partial charge in [0.15, 0.2) is 0 Å². The Morgan fingerprint density at radius 3 is 2.70 bits per heavy atom. The smallest absolute Gasteiger partial charge is 0.337 e. The van der Waals surface area contributed by atoms with Crippen molar-refractivity contribution >= 4 is 23.4 Å². The van der Waals surface area contributed by atoms with Crippen molar-refractivity contribution in [2.75, 3.05) is 12.4 Å². The van der Waals surface area contributed by atoms with E-state index in [4.69, 9.17) is 11.6 Å². The topological polar surface area (TPSA) is 64.1 Å². The maximum Gasteiger partial charge on any atom is 0.337 e. The number of halogens is 1. The molecule has 2 aromatic rings. The van der Waals surface area contributed by atoms with Crippen molar-refractivity contribution in [1.82, 2.24) is 9.97 Å². The monoisotopic (exact) mass is 291 g/mol. The molecule has 20 heavy (non-hydrogen) atoms. The number of nitrogens with one attached hydrogen (secondary N) is 1. The number of anilines is 1. The van der Waals surface area contributed by atoms with Crippen molar-refractivity contribution in [1.29, 1.82) is 0 Å². The van der Waals surface area contributed by atoms with E-state index in [0.29, 0.717) is 17.9 Å². The average molecular weight is 292 g/mol. The lowest BCUT2D eigenvalue weighted by molar-refractivity contribution is 0.0600. The first-order valence-corrected chi connectivity index (χ1v) is 6.38. The number of hydrogen-bond donors (Lipinski definition) is 1. The third-order valence-corrected chi connectivity index (χ3v) is 2.96. The molecule has 0 aliphatic carbocycles. The lowest BCUT2D eigenvalue weighted by Gasteiger charge is -2.08. The molecule has 0 saturated carbocycles. The summed E-state index contributed by atoms with van der Waals surface area (Å²) in [6.45, 7) is 2.48. The van der Waals surface area contributed by atoms with Crippen molar-refractivity contribution < 1.29 is 9.53 Å². The minimum atomic E-state index is -0.345. The molecule has 5 nitrogen and oxygen atoms in total. The molecule has 0 aliphatic rings. The molecule has 104 valence electrons. The summed E-state index contributed by atoms with van der Waals surface area (Å²) in [7, 11) is 1.36. The second kappa shape index (κ2) is 6.34. The number of ether oxygens (including phenoxy) is 1. The van der Waals surface area contributed by atoms with E-state index in [9.17, 15) is 4.79 Å². The highest BCUT2D eigenvalue weighted by atomic mass is 35.5. The zero-order chi connectivity index (χ0) is 14.5. The van der Waals surface area contributed by atoms with Gasteiger partial charge in [-0.3, -0.25) is 0 Å². The van der Waals surface area contributed by atoms with E-state index in [0.717, 1.165) is 11.1 Å². The first kappa shape index (κ1) is 14.3. The van der Waals surface area contributed by atoms with Crippen LogP contribution in [0.2, 0.25) is 5.28 Å². The van der Waals surface area contributed by atoms with Gasteiger partial charge in [-0.25, -0.2) is 14.8 Å². The van der Waals surface area contributed by atoms with E-state index in [2.05, 4.69) is 20.0 Å². The third kappa shape index (κ3) is 3.45. The van der Waals surface area contributed by atoms with Gasteiger partial charge in [-0.2, -0.15) is 0 Å². The predicted octanol–water partition coefficient (Wildman–Crippen LogP) is 2.84. The van der Waals surface area contributed by atoms with Crippen molar-refractivity contribution in [3.05, 3.63) is 52.4 Å². The van der Waals surface area contributed by atoms with Crippen molar-refractivity contribution in [3.8, 4) is 0 Å². The van der Waals surface area contributed by atoms with Crippen LogP contribution in [-0.2, 0) is 11.3 Å². The summed E-state index contributed by atoms with van der Waals surface area (Å²) in [5, 5.41) is 3.39. The number of hydrogen-bond acceptors (Lipinski definition) is 5. The largest absolute Gasteiger partial charge is 0.465 e. The van der Waals surface area contributed by atoms with Crippen LogP contribution in [0.5, 0.6) is 0 Å². The number of methoxy groups -OCH3 is 1. The summed E-state index contributed by atoms with van der Waals surface area (Å²) >= 11 is 5.76. The Bertz CT molecular complexity index is 614. The van der Waals surface area contributed by atoms with Gasteiger partial charge in [0.25, 0.3) is 0 Å². The zero-order valence-corrected chi connectivity index (χ0v) is 11.9. The Labute approximate surface area is 122 Å². The number of nitrogens with zero attached hydrogens (tertiary/aromatic N) is 2. The lowest BCUT2D eigenvalue weighted by Crippen LogP contribution is -2.05. The molecule has 1 aromatic heterocycles. The fourth-order valence-corrected chi connectivity index (χ4v) is 1.80. The van der Waals surface area contributed by atoms with Crippen molar-refractivity contribution in [2.45, 2.75) is 13.5 Å². The van der Waals surface area contributed by atoms with Crippen LogP contribution in [-0.4, -0.2) is 23.0 Å². The molecular weight excluding hydrogens is 278 g/mol. The average Bonchev–Trinajstić information content (AvgIpc) is 2.48. The molecule has 6 heteroatoms. The van der Waals surface area contributed by atoms with Crippen LogP contribution in [0.15, 0.2) is 30.5 Å². The fraction of sp³-hybridized carbons (Fsp3) is 0.214. The van der Waals surface area contributed by atoms with Gasteiger partial charge in [0.05, 0.1) is 12.7 Å². The van der Waals surface area contributed by atoms with Crippen LogP contribution in [0, 0.1) is 6.92 Å². The van der Waals surface area contributed by atoms with E-state index in [1.807, 2.05) is 19.1 Å². The van der Waals surface area contributed by atoms with E-state index in [1.165, 1.54) is 7.11 Å². The molecule has 0 saturated heterocycles.